The topological polar surface area (TPSA) is 87.7 Å². The van der Waals surface area contributed by atoms with Crippen LogP contribution in [0.4, 0.5) is 23.7 Å². The maximum Gasteiger partial charge on any atom is 0.422 e. The summed E-state index contributed by atoms with van der Waals surface area (Å²) in [7, 11) is 0. The van der Waals surface area contributed by atoms with Gasteiger partial charge in [0.1, 0.15) is 17.8 Å². The SMILES string of the molecule is CC1(c2ccccc2)NC(=O)N(CC(=O)Nc2ccccc2OCC(F)(F)F)C1=O. The van der Waals surface area contributed by atoms with E-state index in [9.17, 15) is 27.6 Å². The number of halogens is 3. The number of benzene rings is 2. The van der Waals surface area contributed by atoms with E-state index in [1.54, 1.807) is 30.3 Å². The average molecular weight is 421 g/mol. The highest BCUT2D eigenvalue weighted by molar-refractivity contribution is 6.10. The average Bonchev–Trinajstić information content (AvgIpc) is 2.91. The molecule has 0 saturated carbocycles. The first kappa shape index (κ1) is 21.2. The lowest BCUT2D eigenvalue weighted by Crippen LogP contribution is -2.42. The lowest BCUT2D eigenvalue weighted by atomic mass is 9.92. The molecule has 7 nitrogen and oxygen atoms in total. The van der Waals surface area contributed by atoms with Gasteiger partial charge < -0.3 is 15.4 Å². The van der Waals surface area contributed by atoms with Crippen molar-refractivity contribution in [1.82, 2.24) is 10.2 Å². The lowest BCUT2D eigenvalue weighted by molar-refractivity contribution is -0.153. The van der Waals surface area contributed by atoms with Crippen molar-refractivity contribution in [2.24, 2.45) is 0 Å². The summed E-state index contributed by atoms with van der Waals surface area (Å²) in [6.07, 6.45) is -4.54. The number of carbonyl (C=O) groups is 3. The van der Waals surface area contributed by atoms with E-state index >= 15 is 0 Å². The molecule has 1 heterocycles. The monoisotopic (exact) mass is 421 g/mol. The van der Waals surface area contributed by atoms with Gasteiger partial charge >= 0.3 is 12.2 Å². The third kappa shape index (κ3) is 4.53. The van der Waals surface area contributed by atoms with Crippen LogP contribution in [0.3, 0.4) is 0 Å². The maximum absolute atomic E-state index is 12.8. The van der Waals surface area contributed by atoms with Crippen molar-refractivity contribution in [2.45, 2.75) is 18.6 Å². The van der Waals surface area contributed by atoms with Crippen molar-refractivity contribution in [2.75, 3.05) is 18.5 Å². The van der Waals surface area contributed by atoms with Gasteiger partial charge in [0.15, 0.2) is 6.61 Å². The second-order valence-corrected chi connectivity index (χ2v) is 6.76. The number of urea groups is 1. The van der Waals surface area contributed by atoms with Gasteiger partial charge in [-0.05, 0) is 24.6 Å². The van der Waals surface area contributed by atoms with Crippen molar-refractivity contribution in [3.8, 4) is 5.75 Å². The second kappa shape index (κ2) is 8.05. The molecule has 0 bridgehead atoms. The Morgan fingerprint density at radius 1 is 1.10 bits per heavy atom. The number of nitrogens with zero attached hydrogens (tertiary/aromatic N) is 1. The first-order valence-corrected chi connectivity index (χ1v) is 8.88. The maximum atomic E-state index is 12.8. The fourth-order valence-corrected chi connectivity index (χ4v) is 3.00. The van der Waals surface area contributed by atoms with Crippen LogP contribution >= 0.6 is 0 Å². The molecular weight excluding hydrogens is 403 g/mol. The Bertz CT molecular complexity index is 965. The molecule has 0 aromatic heterocycles. The van der Waals surface area contributed by atoms with E-state index in [1.807, 2.05) is 0 Å². The minimum absolute atomic E-state index is 0.00961. The van der Waals surface area contributed by atoms with Crippen LogP contribution in [0.2, 0.25) is 0 Å². The first-order valence-electron chi connectivity index (χ1n) is 8.88. The summed E-state index contributed by atoms with van der Waals surface area (Å²) < 4.78 is 41.9. The Labute approximate surface area is 169 Å². The van der Waals surface area contributed by atoms with Gasteiger partial charge in [0, 0.05) is 0 Å². The van der Waals surface area contributed by atoms with Gasteiger partial charge in [0.2, 0.25) is 5.91 Å². The van der Waals surface area contributed by atoms with Gasteiger partial charge in [-0.15, -0.1) is 0 Å². The minimum Gasteiger partial charge on any atom is -0.482 e. The summed E-state index contributed by atoms with van der Waals surface area (Å²) in [5, 5.41) is 4.95. The molecule has 1 saturated heterocycles. The molecule has 1 aliphatic heterocycles. The number of rotatable bonds is 6. The zero-order chi connectivity index (χ0) is 21.9. The van der Waals surface area contributed by atoms with Crippen LogP contribution in [0, 0.1) is 0 Å². The van der Waals surface area contributed by atoms with Crippen molar-refractivity contribution in [3.63, 3.8) is 0 Å². The molecule has 1 aliphatic rings. The number of carbonyl (C=O) groups excluding carboxylic acids is 3. The van der Waals surface area contributed by atoms with Crippen LogP contribution in [0.15, 0.2) is 54.6 Å². The summed E-state index contributed by atoms with van der Waals surface area (Å²) in [4.78, 5) is 38.3. The Morgan fingerprint density at radius 3 is 2.40 bits per heavy atom. The molecule has 0 spiro atoms. The molecule has 30 heavy (non-hydrogen) atoms. The quantitative estimate of drug-likeness (QED) is 0.702. The van der Waals surface area contributed by atoms with Crippen molar-refractivity contribution in [3.05, 3.63) is 60.2 Å². The summed E-state index contributed by atoms with van der Waals surface area (Å²) in [6.45, 7) is -0.607. The molecule has 2 aromatic rings. The van der Waals surface area contributed by atoms with Crippen LogP contribution in [0.25, 0.3) is 0 Å². The van der Waals surface area contributed by atoms with Gasteiger partial charge in [0.25, 0.3) is 5.91 Å². The van der Waals surface area contributed by atoms with E-state index in [1.165, 1.54) is 31.2 Å². The standard InChI is InChI=1S/C20H18F3N3O4/c1-19(13-7-3-2-4-8-13)17(28)26(18(29)25-19)11-16(27)24-14-9-5-6-10-15(14)30-12-20(21,22)23/h2-10H,11-12H2,1H3,(H,24,27)(H,25,29). The highest BCUT2D eigenvalue weighted by atomic mass is 19.4. The lowest BCUT2D eigenvalue weighted by Gasteiger charge is -2.22. The fraction of sp³-hybridized carbons (Fsp3) is 0.250. The van der Waals surface area contributed by atoms with E-state index < -0.39 is 42.7 Å². The van der Waals surface area contributed by atoms with Gasteiger partial charge in [-0.1, -0.05) is 42.5 Å². The fourth-order valence-electron chi connectivity index (χ4n) is 3.00. The van der Waals surface area contributed by atoms with Crippen LogP contribution in [0.1, 0.15) is 12.5 Å². The van der Waals surface area contributed by atoms with E-state index in [4.69, 9.17) is 4.74 Å². The molecule has 158 valence electrons. The zero-order valence-electron chi connectivity index (χ0n) is 15.8. The highest BCUT2D eigenvalue weighted by Gasteiger charge is 2.49. The predicted octanol–water partition coefficient (Wildman–Crippen LogP) is 3.03. The number of alkyl halides is 3. The van der Waals surface area contributed by atoms with Crippen LogP contribution < -0.4 is 15.4 Å². The molecule has 2 N–H and O–H groups in total. The third-order valence-corrected chi connectivity index (χ3v) is 4.48. The van der Waals surface area contributed by atoms with Gasteiger partial charge in [-0.3, -0.25) is 14.5 Å². The largest absolute Gasteiger partial charge is 0.482 e. The number of imide groups is 1. The van der Waals surface area contributed by atoms with E-state index in [2.05, 4.69) is 10.6 Å². The first-order chi connectivity index (χ1) is 14.1. The smallest absolute Gasteiger partial charge is 0.422 e. The molecule has 1 unspecified atom stereocenters. The van der Waals surface area contributed by atoms with Gasteiger partial charge in [-0.2, -0.15) is 13.2 Å². The number of amides is 4. The van der Waals surface area contributed by atoms with Crippen LogP contribution in [0.5, 0.6) is 5.75 Å². The third-order valence-electron chi connectivity index (χ3n) is 4.48. The van der Waals surface area contributed by atoms with E-state index in [0.29, 0.717) is 5.56 Å². The molecule has 3 rings (SSSR count). The Hall–Kier alpha value is -3.56. The number of nitrogens with one attached hydrogen (secondary N) is 2. The van der Waals surface area contributed by atoms with Gasteiger partial charge in [-0.25, -0.2) is 4.79 Å². The molecule has 1 fully saturated rings. The van der Waals surface area contributed by atoms with E-state index in [-0.39, 0.29) is 11.4 Å². The molecule has 2 aromatic carbocycles. The number of anilines is 1. The molecular formula is C20H18F3N3O4. The number of hydrogen-bond acceptors (Lipinski definition) is 4. The number of para-hydroxylation sites is 2. The highest BCUT2D eigenvalue weighted by Crippen LogP contribution is 2.29. The molecule has 0 aliphatic carbocycles. The van der Waals surface area contributed by atoms with Crippen molar-refractivity contribution < 1.29 is 32.3 Å². The minimum atomic E-state index is -4.54. The molecule has 4 amide bonds. The van der Waals surface area contributed by atoms with E-state index in [0.717, 1.165) is 4.90 Å². The number of hydrogen-bond donors (Lipinski definition) is 2. The van der Waals surface area contributed by atoms with Gasteiger partial charge in [0.05, 0.1) is 5.69 Å². The Morgan fingerprint density at radius 2 is 1.73 bits per heavy atom. The summed E-state index contributed by atoms with van der Waals surface area (Å²) in [5.74, 6) is -1.57. The van der Waals surface area contributed by atoms with Crippen LogP contribution in [-0.4, -0.2) is 42.1 Å². The predicted molar refractivity (Wildman–Crippen MR) is 101 cm³/mol. The van der Waals surface area contributed by atoms with Crippen molar-refractivity contribution in [1.29, 1.82) is 0 Å². The molecule has 1 atom stereocenters. The van der Waals surface area contributed by atoms with Crippen LogP contribution in [-0.2, 0) is 15.1 Å². The number of ether oxygens (including phenoxy) is 1. The molecule has 10 heteroatoms. The zero-order valence-corrected chi connectivity index (χ0v) is 15.8. The second-order valence-electron chi connectivity index (χ2n) is 6.76. The summed E-state index contributed by atoms with van der Waals surface area (Å²) >= 11 is 0. The molecule has 0 radical (unpaired) electrons. The van der Waals surface area contributed by atoms with Crippen molar-refractivity contribution >= 4 is 23.5 Å². The normalized spacial score (nSPS) is 18.9. The summed E-state index contributed by atoms with van der Waals surface area (Å²) in [6, 6.07) is 13.4. The Balaban J connectivity index is 1.70. The summed E-state index contributed by atoms with van der Waals surface area (Å²) in [5.41, 5.74) is -0.784. The Kier molecular flexibility index (Phi) is 5.68.